The second-order valence-corrected chi connectivity index (χ2v) is 5.99. The van der Waals surface area contributed by atoms with E-state index in [9.17, 15) is 4.79 Å². The molecule has 0 radical (unpaired) electrons. The SMILES string of the molecule is C=C(C)C(=O)OC1CC2CC(CC)CC(C2)C1. The summed E-state index contributed by atoms with van der Waals surface area (Å²) in [4.78, 5) is 11.5. The Labute approximate surface area is 104 Å². The van der Waals surface area contributed by atoms with Crippen molar-refractivity contribution in [1.29, 1.82) is 0 Å². The van der Waals surface area contributed by atoms with Crippen molar-refractivity contribution in [2.75, 3.05) is 0 Å². The van der Waals surface area contributed by atoms with E-state index in [0.717, 1.165) is 30.6 Å². The summed E-state index contributed by atoms with van der Waals surface area (Å²) >= 11 is 0. The molecule has 96 valence electrons. The number of hydrogen-bond donors (Lipinski definition) is 0. The van der Waals surface area contributed by atoms with E-state index in [0.29, 0.717) is 5.57 Å². The van der Waals surface area contributed by atoms with Gasteiger partial charge >= 0.3 is 5.97 Å². The van der Waals surface area contributed by atoms with Crippen molar-refractivity contribution in [3.8, 4) is 0 Å². The summed E-state index contributed by atoms with van der Waals surface area (Å²) < 4.78 is 5.52. The topological polar surface area (TPSA) is 26.3 Å². The van der Waals surface area contributed by atoms with Gasteiger partial charge in [0.2, 0.25) is 0 Å². The minimum atomic E-state index is -0.206. The molecule has 0 aromatic heterocycles. The molecule has 17 heavy (non-hydrogen) atoms. The number of esters is 1. The van der Waals surface area contributed by atoms with Crippen LogP contribution in [0, 0.1) is 17.8 Å². The van der Waals surface area contributed by atoms with E-state index in [-0.39, 0.29) is 12.1 Å². The average Bonchev–Trinajstić information content (AvgIpc) is 2.27. The first kappa shape index (κ1) is 12.7. The molecule has 2 unspecified atom stereocenters. The van der Waals surface area contributed by atoms with Gasteiger partial charge < -0.3 is 4.74 Å². The summed E-state index contributed by atoms with van der Waals surface area (Å²) in [5.41, 5.74) is 0.521. The molecule has 0 saturated heterocycles. The van der Waals surface area contributed by atoms with Crippen molar-refractivity contribution in [1.82, 2.24) is 0 Å². The van der Waals surface area contributed by atoms with Crippen LogP contribution in [-0.2, 0) is 9.53 Å². The lowest BCUT2D eigenvalue weighted by Crippen LogP contribution is -2.35. The van der Waals surface area contributed by atoms with Crippen molar-refractivity contribution >= 4 is 5.97 Å². The second kappa shape index (κ2) is 5.24. The third kappa shape index (κ3) is 3.11. The molecule has 2 atom stereocenters. The summed E-state index contributed by atoms with van der Waals surface area (Å²) in [6.07, 6.45) is 7.65. The molecule has 2 saturated carbocycles. The molecule has 2 rings (SSSR count). The molecule has 2 heteroatoms. The van der Waals surface area contributed by atoms with Crippen LogP contribution in [0.5, 0.6) is 0 Å². The fraction of sp³-hybridized carbons (Fsp3) is 0.800. The average molecular weight is 236 g/mol. The van der Waals surface area contributed by atoms with E-state index >= 15 is 0 Å². The van der Waals surface area contributed by atoms with Gasteiger partial charge in [0, 0.05) is 5.57 Å². The van der Waals surface area contributed by atoms with Gasteiger partial charge in [0.25, 0.3) is 0 Å². The Morgan fingerprint density at radius 3 is 2.24 bits per heavy atom. The van der Waals surface area contributed by atoms with E-state index in [2.05, 4.69) is 13.5 Å². The maximum absolute atomic E-state index is 11.5. The molecule has 0 spiro atoms. The Morgan fingerprint density at radius 2 is 1.76 bits per heavy atom. The Balaban J connectivity index is 1.89. The van der Waals surface area contributed by atoms with Crippen molar-refractivity contribution in [3.63, 3.8) is 0 Å². The van der Waals surface area contributed by atoms with Crippen LogP contribution in [0.3, 0.4) is 0 Å². The van der Waals surface area contributed by atoms with Crippen LogP contribution in [0.2, 0.25) is 0 Å². The quantitative estimate of drug-likeness (QED) is 0.551. The molecular weight excluding hydrogens is 212 g/mol. The van der Waals surface area contributed by atoms with Gasteiger partial charge in [-0.25, -0.2) is 4.79 Å². The third-order valence-corrected chi connectivity index (χ3v) is 4.39. The lowest BCUT2D eigenvalue weighted by Gasteiger charge is -2.42. The zero-order valence-electron chi connectivity index (χ0n) is 11.1. The van der Waals surface area contributed by atoms with Crippen LogP contribution in [0.25, 0.3) is 0 Å². The zero-order chi connectivity index (χ0) is 12.4. The zero-order valence-corrected chi connectivity index (χ0v) is 11.1. The first-order valence-corrected chi connectivity index (χ1v) is 6.95. The van der Waals surface area contributed by atoms with E-state index in [1.54, 1.807) is 6.92 Å². The smallest absolute Gasteiger partial charge is 0.333 e. The number of carbonyl (C=O) groups excluding carboxylic acids is 1. The number of fused-ring (bicyclic) bond motifs is 2. The van der Waals surface area contributed by atoms with Gasteiger partial charge in [0.05, 0.1) is 0 Å². The minimum absolute atomic E-state index is 0.153. The van der Waals surface area contributed by atoms with Crippen molar-refractivity contribution in [2.45, 2.75) is 58.5 Å². The maximum Gasteiger partial charge on any atom is 0.333 e. The van der Waals surface area contributed by atoms with Crippen molar-refractivity contribution in [2.24, 2.45) is 17.8 Å². The van der Waals surface area contributed by atoms with Crippen LogP contribution in [0.1, 0.15) is 52.4 Å². The fourth-order valence-electron chi connectivity index (χ4n) is 3.61. The maximum atomic E-state index is 11.5. The number of ether oxygens (including phenoxy) is 1. The molecule has 0 aromatic rings. The molecule has 0 N–H and O–H groups in total. The monoisotopic (exact) mass is 236 g/mol. The molecule has 2 fully saturated rings. The van der Waals surface area contributed by atoms with Crippen LogP contribution >= 0.6 is 0 Å². The highest BCUT2D eigenvalue weighted by Gasteiger charge is 2.36. The van der Waals surface area contributed by atoms with Crippen molar-refractivity contribution in [3.05, 3.63) is 12.2 Å². The summed E-state index contributed by atoms with van der Waals surface area (Å²) in [7, 11) is 0. The number of carbonyl (C=O) groups is 1. The van der Waals surface area contributed by atoms with Crippen molar-refractivity contribution < 1.29 is 9.53 Å². The van der Waals surface area contributed by atoms with Gasteiger partial charge in [-0.2, -0.15) is 0 Å². The highest BCUT2D eigenvalue weighted by molar-refractivity contribution is 5.87. The lowest BCUT2D eigenvalue weighted by molar-refractivity contribution is -0.148. The van der Waals surface area contributed by atoms with Crippen LogP contribution < -0.4 is 0 Å². The van der Waals surface area contributed by atoms with Crippen LogP contribution in [-0.4, -0.2) is 12.1 Å². The summed E-state index contributed by atoms with van der Waals surface area (Å²) in [5, 5.41) is 0. The molecule has 2 bridgehead atoms. The Bertz CT molecular complexity index is 294. The van der Waals surface area contributed by atoms with Gasteiger partial charge in [-0.1, -0.05) is 19.9 Å². The Kier molecular flexibility index (Phi) is 3.90. The third-order valence-electron chi connectivity index (χ3n) is 4.39. The van der Waals surface area contributed by atoms with Gasteiger partial charge in [-0.3, -0.25) is 0 Å². The summed E-state index contributed by atoms with van der Waals surface area (Å²) in [5.74, 6) is 2.28. The first-order chi connectivity index (χ1) is 8.08. The standard InChI is InChI=1S/C15H24O2/c1-4-11-5-12-7-13(6-11)9-14(8-12)17-15(16)10(2)3/h11-14H,2,4-9H2,1,3H3. The molecular formula is C15H24O2. The lowest BCUT2D eigenvalue weighted by atomic mass is 9.66. The minimum Gasteiger partial charge on any atom is -0.459 e. The fourth-order valence-corrected chi connectivity index (χ4v) is 3.61. The van der Waals surface area contributed by atoms with Crippen LogP contribution in [0.4, 0.5) is 0 Å². The highest BCUT2D eigenvalue weighted by Crippen LogP contribution is 2.44. The van der Waals surface area contributed by atoms with Gasteiger partial charge in [-0.15, -0.1) is 0 Å². The van der Waals surface area contributed by atoms with E-state index < -0.39 is 0 Å². The van der Waals surface area contributed by atoms with Gasteiger partial charge in [0.1, 0.15) is 6.10 Å². The predicted octanol–water partition coefficient (Wildman–Crippen LogP) is 3.71. The largest absolute Gasteiger partial charge is 0.459 e. The molecule has 0 aliphatic heterocycles. The molecule has 2 aliphatic carbocycles. The van der Waals surface area contributed by atoms with Crippen LogP contribution in [0.15, 0.2) is 12.2 Å². The van der Waals surface area contributed by atoms with Gasteiger partial charge in [-0.05, 0) is 56.8 Å². The summed E-state index contributed by atoms with van der Waals surface area (Å²) in [6, 6.07) is 0. The Hall–Kier alpha value is -0.790. The summed E-state index contributed by atoms with van der Waals surface area (Å²) in [6.45, 7) is 7.66. The predicted molar refractivity (Wildman–Crippen MR) is 68.5 cm³/mol. The molecule has 0 amide bonds. The number of hydrogen-bond acceptors (Lipinski definition) is 2. The van der Waals surface area contributed by atoms with E-state index in [1.807, 2.05) is 0 Å². The second-order valence-electron chi connectivity index (χ2n) is 5.99. The molecule has 2 nitrogen and oxygen atoms in total. The molecule has 0 heterocycles. The normalized spacial score (nSPS) is 36.4. The van der Waals surface area contributed by atoms with E-state index in [1.165, 1.54) is 25.7 Å². The Morgan fingerprint density at radius 1 is 1.18 bits per heavy atom. The number of rotatable bonds is 3. The highest BCUT2D eigenvalue weighted by atomic mass is 16.5. The van der Waals surface area contributed by atoms with E-state index in [4.69, 9.17) is 4.74 Å². The molecule has 0 aromatic carbocycles. The first-order valence-electron chi connectivity index (χ1n) is 6.95. The van der Waals surface area contributed by atoms with Gasteiger partial charge in [0.15, 0.2) is 0 Å². The molecule has 2 aliphatic rings.